The molecule has 0 bridgehead atoms. The molecule has 7 nitrogen and oxygen atoms in total. The molecular weight excluding hydrogens is 482 g/mol. The number of fused-ring (bicyclic) bond motifs is 1. The van der Waals surface area contributed by atoms with Crippen molar-refractivity contribution in [3.63, 3.8) is 0 Å². The molecule has 0 saturated carbocycles. The van der Waals surface area contributed by atoms with Crippen LogP contribution in [0.5, 0.6) is 0 Å². The maximum Gasteiger partial charge on any atom is 0.225 e. The first-order valence-electron chi connectivity index (χ1n) is 14.5. The molecule has 0 aliphatic carbocycles. The summed E-state index contributed by atoms with van der Waals surface area (Å²) in [5.41, 5.74) is 7.06. The molecule has 3 heterocycles. The van der Waals surface area contributed by atoms with Crippen molar-refractivity contribution < 1.29 is 0 Å². The van der Waals surface area contributed by atoms with E-state index in [0.717, 1.165) is 92.7 Å². The fourth-order valence-corrected chi connectivity index (χ4v) is 5.40. The van der Waals surface area contributed by atoms with Gasteiger partial charge < -0.3 is 14.8 Å². The number of hydrogen-bond acceptors (Lipinski definition) is 6. The summed E-state index contributed by atoms with van der Waals surface area (Å²) in [6.07, 6.45) is 4.12. The third kappa shape index (κ3) is 6.25. The van der Waals surface area contributed by atoms with Gasteiger partial charge in [0.15, 0.2) is 0 Å². The fourth-order valence-electron chi connectivity index (χ4n) is 5.40. The summed E-state index contributed by atoms with van der Waals surface area (Å²) in [5.74, 6) is 1.79. The lowest BCUT2D eigenvalue weighted by atomic mass is 9.87. The number of H-pyrrole nitrogens is 1. The fraction of sp³-hybridized carbons (Fsp3) is 0.469. The van der Waals surface area contributed by atoms with Crippen LogP contribution in [0.1, 0.15) is 58.7 Å². The highest BCUT2D eigenvalue weighted by Crippen LogP contribution is 2.30. The molecule has 7 heteroatoms. The topological polar surface area (TPSA) is 64.2 Å². The highest BCUT2D eigenvalue weighted by molar-refractivity contribution is 5.91. The molecule has 206 valence electrons. The summed E-state index contributed by atoms with van der Waals surface area (Å²) >= 11 is 0. The van der Waals surface area contributed by atoms with Crippen molar-refractivity contribution in [1.82, 2.24) is 24.8 Å². The molecule has 1 fully saturated rings. The highest BCUT2D eigenvalue weighted by atomic mass is 15.3. The summed E-state index contributed by atoms with van der Waals surface area (Å²) < 4.78 is 0. The Balaban J connectivity index is 1.26. The average Bonchev–Trinajstić information content (AvgIpc) is 3.38. The summed E-state index contributed by atoms with van der Waals surface area (Å²) in [6, 6.07) is 17.3. The lowest BCUT2D eigenvalue weighted by molar-refractivity contribution is 0.247. The van der Waals surface area contributed by atoms with Gasteiger partial charge in [-0.05, 0) is 42.0 Å². The van der Waals surface area contributed by atoms with E-state index < -0.39 is 0 Å². The number of rotatable bonds is 9. The van der Waals surface area contributed by atoms with E-state index in [-0.39, 0.29) is 5.41 Å². The zero-order valence-corrected chi connectivity index (χ0v) is 24.2. The molecule has 0 unspecified atom stereocenters. The van der Waals surface area contributed by atoms with Gasteiger partial charge in [-0.25, -0.2) is 15.0 Å². The number of aromatic amines is 1. The molecule has 0 atom stereocenters. The van der Waals surface area contributed by atoms with E-state index in [1.54, 1.807) is 0 Å². The molecule has 5 rings (SSSR count). The first-order chi connectivity index (χ1) is 18.9. The lowest BCUT2D eigenvalue weighted by Crippen LogP contribution is -2.46. The van der Waals surface area contributed by atoms with Gasteiger partial charge in [-0.1, -0.05) is 65.0 Å². The van der Waals surface area contributed by atoms with Gasteiger partial charge in [0.1, 0.15) is 5.82 Å². The smallest absolute Gasteiger partial charge is 0.225 e. The van der Waals surface area contributed by atoms with Crippen LogP contribution < -0.4 is 9.80 Å². The van der Waals surface area contributed by atoms with Crippen molar-refractivity contribution in [2.45, 2.75) is 59.4 Å². The predicted molar refractivity (Wildman–Crippen MR) is 163 cm³/mol. The van der Waals surface area contributed by atoms with E-state index in [9.17, 15) is 0 Å². The van der Waals surface area contributed by atoms with Crippen LogP contribution >= 0.6 is 0 Å². The molecular formula is C32H43N7. The van der Waals surface area contributed by atoms with Gasteiger partial charge in [0.05, 0.1) is 22.4 Å². The van der Waals surface area contributed by atoms with Gasteiger partial charge in [0.2, 0.25) is 5.95 Å². The van der Waals surface area contributed by atoms with E-state index in [1.165, 1.54) is 11.3 Å². The standard InChI is InChI=1S/C32H43N7/c1-6-17-39(18-7-2)31-33-16-15-26(34-31)23-37-19-21-38(22-20-37)28-10-8-9-27-29(28)36-30(35-27)24-11-13-25(14-12-24)32(3,4)5/h8-16H,6-7,17-23H2,1-5H3,(H,35,36). The molecule has 2 aromatic carbocycles. The number of nitrogens with one attached hydrogen (secondary N) is 1. The number of para-hydroxylation sites is 1. The van der Waals surface area contributed by atoms with E-state index in [1.807, 2.05) is 6.20 Å². The van der Waals surface area contributed by atoms with E-state index in [0.29, 0.717) is 0 Å². The van der Waals surface area contributed by atoms with Gasteiger partial charge in [0.25, 0.3) is 0 Å². The number of nitrogens with zero attached hydrogens (tertiary/aromatic N) is 6. The normalized spacial score (nSPS) is 14.7. The monoisotopic (exact) mass is 525 g/mol. The van der Waals surface area contributed by atoms with Crippen LogP contribution in [-0.2, 0) is 12.0 Å². The second-order valence-corrected chi connectivity index (χ2v) is 11.7. The molecule has 1 aliphatic rings. The zero-order valence-electron chi connectivity index (χ0n) is 24.2. The van der Waals surface area contributed by atoms with Crippen molar-refractivity contribution in [3.8, 4) is 11.4 Å². The minimum atomic E-state index is 0.141. The Kier molecular flexibility index (Phi) is 8.17. The molecule has 2 aromatic heterocycles. The van der Waals surface area contributed by atoms with Crippen molar-refractivity contribution >= 4 is 22.7 Å². The largest absolute Gasteiger partial charge is 0.367 e. The molecule has 1 saturated heterocycles. The molecule has 0 amide bonds. The lowest BCUT2D eigenvalue weighted by Gasteiger charge is -2.36. The number of piperazine rings is 1. The molecule has 4 aromatic rings. The Morgan fingerprint density at radius 2 is 1.59 bits per heavy atom. The highest BCUT2D eigenvalue weighted by Gasteiger charge is 2.21. The maximum absolute atomic E-state index is 4.94. The first kappa shape index (κ1) is 27.1. The third-order valence-corrected chi connectivity index (χ3v) is 7.59. The van der Waals surface area contributed by atoms with Crippen molar-refractivity contribution in [3.05, 3.63) is 66.0 Å². The van der Waals surface area contributed by atoms with E-state index in [4.69, 9.17) is 9.97 Å². The van der Waals surface area contributed by atoms with Gasteiger partial charge >= 0.3 is 0 Å². The summed E-state index contributed by atoms with van der Waals surface area (Å²) in [4.78, 5) is 25.4. The van der Waals surface area contributed by atoms with Crippen molar-refractivity contribution in [2.24, 2.45) is 0 Å². The Morgan fingerprint density at radius 1 is 0.872 bits per heavy atom. The maximum atomic E-state index is 4.94. The summed E-state index contributed by atoms with van der Waals surface area (Å²) in [6.45, 7) is 18.0. The predicted octanol–water partition coefficient (Wildman–Crippen LogP) is 6.27. The third-order valence-electron chi connectivity index (χ3n) is 7.59. The van der Waals surface area contributed by atoms with E-state index in [2.05, 4.69) is 108 Å². The minimum Gasteiger partial charge on any atom is -0.367 e. The van der Waals surface area contributed by atoms with Gasteiger partial charge in [-0.15, -0.1) is 0 Å². The number of aromatic nitrogens is 4. The van der Waals surface area contributed by atoms with Gasteiger partial charge in [0, 0.05) is 57.6 Å². The molecule has 0 spiro atoms. The Morgan fingerprint density at radius 3 is 2.26 bits per heavy atom. The summed E-state index contributed by atoms with van der Waals surface area (Å²) in [7, 11) is 0. The quantitative estimate of drug-likeness (QED) is 0.278. The van der Waals surface area contributed by atoms with Crippen LogP contribution in [-0.4, -0.2) is 64.1 Å². The van der Waals surface area contributed by atoms with Crippen LogP contribution in [0.4, 0.5) is 11.6 Å². The van der Waals surface area contributed by atoms with Crippen molar-refractivity contribution in [1.29, 1.82) is 0 Å². The second kappa shape index (κ2) is 11.7. The van der Waals surface area contributed by atoms with Crippen LogP contribution in [0.15, 0.2) is 54.7 Å². The van der Waals surface area contributed by atoms with Gasteiger partial charge in [-0.2, -0.15) is 0 Å². The minimum absolute atomic E-state index is 0.141. The van der Waals surface area contributed by atoms with Crippen molar-refractivity contribution in [2.75, 3.05) is 49.1 Å². The molecule has 1 N–H and O–H groups in total. The Labute approximate surface area is 233 Å². The van der Waals surface area contributed by atoms with Gasteiger partial charge in [-0.3, -0.25) is 4.90 Å². The summed E-state index contributed by atoms with van der Waals surface area (Å²) in [5, 5.41) is 0. The van der Waals surface area contributed by atoms with Crippen LogP contribution in [0.3, 0.4) is 0 Å². The second-order valence-electron chi connectivity index (χ2n) is 11.7. The van der Waals surface area contributed by atoms with Crippen LogP contribution in [0, 0.1) is 0 Å². The molecule has 0 radical (unpaired) electrons. The molecule has 1 aliphatic heterocycles. The number of anilines is 2. The SMILES string of the molecule is CCCN(CCC)c1nccc(CN2CCN(c3cccc4nc(-c5ccc(C(C)(C)C)cc5)[nH]c34)CC2)n1. The van der Waals surface area contributed by atoms with Crippen LogP contribution in [0.2, 0.25) is 0 Å². The zero-order chi connectivity index (χ0) is 27.4. The van der Waals surface area contributed by atoms with E-state index >= 15 is 0 Å². The number of imidazole rings is 1. The first-order valence-corrected chi connectivity index (χ1v) is 14.5. The number of hydrogen-bond donors (Lipinski definition) is 1. The Hall–Kier alpha value is -3.45. The Bertz CT molecular complexity index is 1360. The molecule has 39 heavy (non-hydrogen) atoms. The van der Waals surface area contributed by atoms with Crippen LogP contribution in [0.25, 0.3) is 22.4 Å². The average molecular weight is 526 g/mol. The number of benzene rings is 2.